The van der Waals surface area contributed by atoms with E-state index in [2.05, 4.69) is 5.32 Å². The second kappa shape index (κ2) is 5.69. The summed E-state index contributed by atoms with van der Waals surface area (Å²) in [5, 5.41) is 11.7. The number of methoxy groups -OCH3 is 1. The van der Waals surface area contributed by atoms with Crippen molar-refractivity contribution in [3.63, 3.8) is 0 Å². The van der Waals surface area contributed by atoms with Gasteiger partial charge in [-0.3, -0.25) is 4.79 Å². The number of nitrogens with zero attached hydrogens (tertiary/aromatic N) is 1. The molecule has 0 spiro atoms. The van der Waals surface area contributed by atoms with Crippen LogP contribution in [-0.2, 0) is 4.74 Å². The fourth-order valence-electron chi connectivity index (χ4n) is 1.65. The van der Waals surface area contributed by atoms with Crippen LogP contribution in [0.1, 0.15) is 42.8 Å². The molecule has 1 atom stereocenters. The number of nitriles is 1. The van der Waals surface area contributed by atoms with Crippen LogP contribution in [0.15, 0.2) is 16.7 Å². The van der Waals surface area contributed by atoms with Gasteiger partial charge in [-0.2, -0.15) is 5.26 Å². The minimum atomic E-state index is -1.06. The number of hydrogen-bond donors (Lipinski definition) is 1. The van der Waals surface area contributed by atoms with Crippen molar-refractivity contribution in [2.45, 2.75) is 32.2 Å². The molecule has 0 aliphatic heterocycles. The number of nitrogens with one attached hydrogen (secondary N) is 1. The number of hydrogen-bond acceptors (Lipinski definition) is 4. The lowest BCUT2D eigenvalue weighted by molar-refractivity contribution is 0.0831. The Morgan fingerprint density at radius 3 is 2.83 bits per heavy atom. The second-order valence-electron chi connectivity index (χ2n) is 4.69. The van der Waals surface area contributed by atoms with Gasteiger partial charge < -0.3 is 14.5 Å². The Kier molecular flexibility index (Phi) is 4.51. The van der Waals surface area contributed by atoms with Crippen LogP contribution in [-0.4, -0.2) is 25.2 Å². The van der Waals surface area contributed by atoms with Gasteiger partial charge in [0.25, 0.3) is 5.91 Å². The van der Waals surface area contributed by atoms with E-state index in [9.17, 15) is 4.79 Å². The summed E-state index contributed by atoms with van der Waals surface area (Å²) in [5.74, 6) is 0.0349. The molecule has 1 amide bonds. The molecule has 98 valence electrons. The topological polar surface area (TPSA) is 75.3 Å². The summed E-state index contributed by atoms with van der Waals surface area (Å²) in [4.78, 5) is 12.1. The largest absolute Gasteiger partial charge is 0.459 e. The van der Waals surface area contributed by atoms with Crippen molar-refractivity contribution in [2.24, 2.45) is 0 Å². The monoisotopic (exact) mass is 250 g/mol. The van der Waals surface area contributed by atoms with Crippen LogP contribution in [0.25, 0.3) is 0 Å². The van der Waals surface area contributed by atoms with E-state index in [1.165, 1.54) is 13.4 Å². The summed E-state index contributed by atoms with van der Waals surface area (Å²) in [5.41, 5.74) is -0.238. The zero-order valence-electron chi connectivity index (χ0n) is 11.1. The molecule has 0 saturated heterocycles. The number of carbonyl (C=O) groups excluding carboxylic acids is 1. The molecule has 1 aromatic heterocycles. The standard InChI is InChI=1S/C13H18N2O3/c1-9(2)10-5-6-18-11(10)12(16)15-13(3,7-14)8-17-4/h5-6,9H,8H2,1-4H3,(H,15,16)/t13-/m1/s1. The van der Waals surface area contributed by atoms with Gasteiger partial charge in [-0.25, -0.2) is 0 Å². The summed E-state index contributed by atoms with van der Waals surface area (Å²) < 4.78 is 10.1. The Labute approximate surface area is 107 Å². The number of carbonyl (C=O) groups is 1. The summed E-state index contributed by atoms with van der Waals surface area (Å²) in [6, 6.07) is 3.79. The van der Waals surface area contributed by atoms with Crippen molar-refractivity contribution in [2.75, 3.05) is 13.7 Å². The first kappa shape index (κ1) is 14.3. The Morgan fingerprint density at radius 2 is 2.33 bits per heavy atom. The molecule has 0 bridgehead atoms. The first-order valence-electron chi connectivity index (χ1n) is 5.73. The van der Waals surface area contributed by atoms with Crippen molar-refractivity contribution in [1.29, 1.82) is 5.26 Å². The molecule has 0 aromatic carbocycles. The molecule has 0 fully saturated rings. The fraction of sp³-hybridized carbons (Fsp3) is 0.538. The van der Waals surface area contributed by atoms with Gasteiger partial charge >= 0.3 is 0 Å². The average Bonchev–Trinajstić information content (AvgIpc) is 2.78. The number of rotatable bonds is 5. The summed E-state index contributed by atoms with van der Waals surface area (Å²) in [6.07, 6.45) is 1.48. The Morgan fingerprint density at radius 1 is 1.67 bits per heavy atom. The molecule has 18 heavy (non-hydrogen) atoms. The van der Waals surface area contributed by atoms with E-state index >= 15 is 0 Å². The Bertz CT molecular complexity index is 459. The average molecular weight is 250 g/mol. The third-order valence-electron chi connectivity index (χ3n) is 2.59. The maximum absolute atomic E-state index is 12.1. The number of amides is 1. The molecule has 1 aromatic rings. The van der Waals surface area contributed by atoms with Gasteiger partial charge in [0.2, 0.25) is 0 Å². The van der Waals surface area contributed by atoms with Crippen molar-refractivity contribution >= 4 is 5.91 Å². The first-order valence-corrected chi connectivity index (χ1v) is 5.73. The molecule has 5 heteroatoms. The van der Waals surface area contributed by atoms with E-state index in [4.69, 9.17) is 14.4 Å². The number of furan rings is 1. The van der Waals surface area contributed by atoms with Gasteiger partial charge in [0, 0.05) is 12.7 Å². The molecule has 5 nitrogen and oxygen atoms in total. The van der Waals surface area contributed by atoms with Crippen LogP contribution in [0.5, 0.6) is 0 Å². The van der Waals surface area contributed by atoms with E-state index in [-0.39, 0.29) is 18.3 Å². The molecule has 0 radical (unpaired) electrons. The van der Waals surface area contributed by atoms with Gasteiger partial charge in [0.15, 0.2) is 5.76 Å². The van der Waals surface area contributed by atoms with Crippen LogP contribution >= 0.6 is 0 Å². The highest BCUT2D eigenvalue weighted by atomic mass is 16.5. The van der Waals surface area contributed by atoms with Crippen molar-refractivity contribution in [1.82, 2.24) is 5.32 Å². The summed E-state index contributed by atoms with van der Waals surface area (Å²) >= 11 is 0. The third-order valence-corrected chi connectivity index (χ3v) is 2.59. The zero-order chi connectivity index (χ0) is 13.8. The molecule has 1 N–H and O–H groups in total. The minimum absolute atomic E-state index is 0.118. The van der Waals surface area contributed by atoms with Gasteiger partial charge in [0.05, 0.1) is 18.9 Å². The maximum atomic E-state index is 12.1. The van der Waals surface area contributed by atoms with Crippen LogP contribution in [0.3, 0.4) is 0 Å². The van der Waals surface area contributed by atoms with Crippen LogP contribution in [0, 0.1) is 11.3 Å². The molecular weight excluding hydrogens is 232 g/mol. The molecule has 0 saturated carbocycles. The molecule has 1 heterocycles. The molecule has 0 aliphatic rings. The highest BCUT2D eigenvalue weighted by Gasteiger charge is 2.29. The predicted octanol–water partition coefficient (Wildman–Crippen LogP) is 2.06. The van der Waals surface area contributed by atoms with E-state index in [0.717, 1.165) is 5.56 Å². The van der Waals surface area contributed by atoms with E-state index < -0.39 is 11.4 Å². The highest BCUT2D eigenvalue weighted by molar-refractivity contribution is 5.93. The molecule has 1 rings (SSSR count). The van der Waals surface area contributed by atoms with Crippen molar-refractivity contribution in [3.05, 3.63) is 23.7 Å². The number of ether oxygens (including phenoxy) is 1. The third kappa shape index (κ3) is 3.11. The maximum Gasteiger partial charge on any atom is 0.288 e. The summed E-state index contributed by atoms with van der Waals surface area (Å²) in [7, 11) is 1.48. The predicted molar refractivity (Wildman–Crippen MR) is 66.2 cm³/mol. The van der Waals surface area contributed by atoms with Crippen molar-refractivity contribution in [3.8, 4) is 6.07 Å². The van der Waals surface area contributed by atoms with Gasteiger partial charge in [-0.15, -0.1) is 0 Å². The lowest BCUT2D eigenvalue weighted by atomic mass is 10.0. The van der Waals surface area contributed by atoms with Crippen molar-refractivity contribution < 1.29 is 13.9 Å². The van der Waals surface area contributed by atoms with Crippen LogP contribution in [0.4, 0.5) is 0 Å². The SMILES string of the molecule is COC[C@@](C)(C#N)NC(=O)c1occc1C(C)C. The Hall–Kier alpha value is -1.80. The highest BCUT2D eigenvalue weighted by Crippen LogP contribution is 2.21. The first-order chi connectivity index (χ1) is 8.43. The zero-order valence-corrected chi connectivity index (χ0v) is 11.1. The molecular formula is C13H18N2O3. The minimum Gasteiger partial charge on any atom is -0.459 e. The van der Waals surface area contributed by atoms with Crippen LogP contribution in [0.2, 0.25) is 0 Å². The lowest BCUT2D eigenvalue weighted by Gasteiger charge is -2.21. The second-order valence-corrected chi connectivity index (χ2v) is 4.69. The van der Waals surface area contributed by atoms with E-state index in [0.29, 0.717) is 0 Å². The fourth-order valence-corrected chi connectivity index (χ4v) is 1.65. The Balaban J connectivity index is 2.89. The van der Waals surface area contributed by atoms with Gasteiger partial charge in [-0.1, -0.05) is 13.8 Å². The van der Waals surface area contributed by atoms with E-state index in [1.54, 1.807) is 13.0 Å². The quantitative estimate of drug-likeness (QED) is 0.867. The van der Waals surface area contributed by atoms with Gasteiger partial charge in [-0.05, 0) is 18.9 Å². The molecule has 0 unspecified atom stereocenters. The van der Waals surface area contributed by atoms with E-state index in [1.807, 2.05) is 19.9 Å². The van der Waals surface area contributed by atoms with Crippen LogP contribution < -0.4 is 5.32 Å². The van der Waals surface area contributed by atoms with Gasteiger partial charge in [0.1, 0.15) is 5.54 Å². The normalized spacial score (nSPS) is 14.0. The summed E-state index contributed by atoms with van der Waals surface area (Å²) in [6.45, 7) is 5.67. The molecule has 0 aliphatic carbocycles. The lowest BCUT2D eigenvalue weighted by Crippen LogP contribution is -2.48. The smallest absolute Gasteiger partial charge is 0.288 e.